The van der Waals surface area contributed by atoms with E-state index < -0.39 is 22.8 Å². The summed E-state index contributed by atoms with van der Waals surface area (Å²) in [5, 5.41) is 12.4. The molecule has 1 amide bonds. The third-order valence-electron chi connectivity index (χ3n) is 5.09. The topological polar surface area (TPSA) is 94.1 Å². The predicted molar refractivity (Wildman–Crippen MR) is 84.2 cm³/mol. The Balaban J connectivity index is 1.82. The van der Waals surface area contributed by atoms with Crippen LogP contribution >= 0.6 is 0 Å². The van der Waals surface area contributed by atoms with Gasteiger partial charge in [-0.25, -0.2) is 4.79 Å². The average molecular weight is 335 g/mol. The summed E-state index contributed by atoms with van der Waals surface area (Å²) in [5.74, 6) is -0.469. The molecule has 0 saturated heterocycles. The minimum Gasteiger partial charge on any atom is -0.479 e. The van der Waals surface area contributed by atoms with Gasteiger partial charge in [-0.05, 0) is 25.1 Å². The largest absolute Gasteiger partial charge is 0.479 e. The first kappa shape index (κ1) is 16.6. The normalized spacial score (nSPS) is 26.5. The highest BCUT2D eigenvalue weighted by Crippen LogP contribution is 2.51. The molecule has 2 unspecified atom stereocenters. The fourth-order valence-electron chi connectivity index (χ4n) is 3.34. The lowest BCUT2D eigenvalue weighted by Gasteiger charge is -2.58. The summed E-state index contributed by atoms with van der Waals surface area (Å²) in [5.41, 5.74) is -1.75. The Labute approximate surface area is 139 Å². The number of carboxylic acids is 1. The van der Waals surface area contributed by atoms with Crippen LogP contribution in [0.15, 0.2) is 18.2 Å². The summed E-state index contributed by atoms with van der Waals surface area (Å²) >= 11 is 0. The Morgan fingerprint density at radius 3 is 2.67 bits per heavy atom. The Bertz CT molecular complexity index is 686. The summed E-state index contributed by atoms with van der Waals surface area (Å²) in [6, 6.07) is 4.78. The van der Waals surface area contributed by atoms with Crippen LogP contribution in [-0.4, -0.2) is 42.0 Å². The summed E-state index contributed by atoms with van der Waals surface area (Å²) in [7, 11) is 0. The van der Waals surface area contributed by atoms with Crippen molar-refractivity contribution in [3.63, 3.8) is 0 Å². The predicted octanol–water partition coefficient (Wildman–Crippen LogP) is 1.80. The van der Waals surface area contributed by atoms with Crippen molar-refractivity contribution in [3.05, 3.63) is 23.8 Å². The Morgan fingerprint density at radius 2 is 2.04 bits per heavy atom. The SMILES string of the molecule is CCOC1CC(NC(=O)c2ccc3c(c2)OCO3)(C(=O)O)C1(C)C. The molecule has 2 aliphatic rings. The highest BCUT2D eigenvalue weighted by molar-refractivity contribution is 5.99. The number of ether oxygens (including phenoxy) is 3. The monoisotopic (exact) mass is 335 g/mol. The second kappa shape index (κ2) is 5.66. The number of amides is 1. The van der Waals surface area contributed by atoms with Crippen LogP contribution in [0, 0.1) is 5.41 Å². The van der Waals surface area contributed by atoms with E-state index in [2.05, 4.69) is 5.32 Å². The maximum Gasteiger partial charge on any atom is 0.330 e. The van der Waals surface area contributed by atoms with E-state index in [1.54, 1.807) is 32.0 Å². The smallest absolute Gasteiger partial charge is 0.330 e. The first-order valence-electron chi connectivity index (χ1n) is 7.89. The van der Waals surface area contributed by atoms with Gasteiger partial charge < -0.3 is 24.6 Å². The molecule has 2 N–H and O–H groups in total. The number of carbonyl (C=O) groups excluding carboxylic acids is 1. The van der Waals surface area contributed by atoms with Crippen LogP contribution in [0.3, 0.4) is 0 Å². The van der Waals surface area contributed by atoms with Crippen LogP contribution in [0.5, 0.6) is 11.5 Å². The second-order valence-electron chi connectivity index (χ2n) is 6.60. The lowest BCUT2D eigenvalue weighted by atomic mass is 9.54. The van der Waals surface area contributed by atoms with Gasteiger partial charge in [0.25, 0.3) is 5.91 Å². The number of carboxylic acid groups (broad SMARTS) is 1. The number of hydrogen-bond donors (Lipinski definition) is 2. The molecule has 24 heavy (non-hydrogen) atoms. The van der Waals surface area contributed by atoms with Crippen LogP contribution in [-0.2, 0) is 9.53 Å². The summed E-state index contributed by atoms with van der Waals surface area (Å²) in [6.45, 7) is 6.07. The maximum absolute atomic E-state index is 12.6. The van der Waals surface area contributed by atoms with Crippen molar-refractivity contribution >= 4 is 11.9 Å². The molecule has 1 fully saturated rings. The van der Waals surface area contributed by atoms with E-state index in [0.717, 1.165) is 0 Å². The van der Waals surface area contributed by atoms with Crippen LogP contribution in [0.4, 0.5) is 0 Å². The Hall–Kier alpha value is -2.28. The van der Waals surface area contributed by atoms with Crippen molar-refractivity contribution in [2.45, 2.75) is 38.8 Å². The number of nitrogens with one attached hydrogen (secondary N) is 1. The van der Waals surface area contributed by atoms with E-state index in [1.807, 2.05) is 6.92 Å². The molecule has 7 heteroatoms. The zero-order valence-electron chi connectivity index (χ0n) is 13.9. The molecule has 1 aliphatic carbocycles. The van der Waals surface area contributed by atoms with Gasteiger partial charge in [-0.2, -0.15) is 0 Å². The molecule has 0 radical (unpaired) electrons. The first-order valence-corrected chi connectivity index (χ1v) is 7.89. The molecular formula is C17H21NO6. The van der Waals surface area contributed by atoms with Crippen molar-refractivity contribution in [1.82, 2.24) is 5.32 Å². The van der Waals surface area contributed by atoms with Crippen LogP contribution in [0.2, 0.25) is 0 Å². The quantitative estimate of drug-likeness (QED) is 0.852. The van der Waals surface area contributed by atoms with Gasteiger partial charge in [-0.15, -0.1) is 0 Å². The van der Waals surface area contributed by atoms with Crippen molar-refractivity contribution in [3.8, 4) is 11.5 Å². The summed E-state index contributed by atoms with van der Waals surface area (Å²) in [4.78, 5) is 24.5. The number of fused-ring (bicyclic) bond motifs is 1. The van der Waals surface area contributed by atoms with Crippen LogP contribution < -0.4 is 14.8 Å². The molecule has 1 heterocycles. The van der Waals surface area contributed by atoms with Gasteiger partial charge >= 0.3 is 5.97 Å². The van der Waals surface area contributed by atoms with Gasteiger partial charge in [0.15, 0.2) is 11.5 Å². The average Bonchev–Trinajstić information content (AvgIpc) is 3.00. The molecule has 0 bridgehead atoms. The molecule has 0 aromatic heterocycles. The molecule has 1 aliphatic heterocycles. The number of benzene rings is 1. The van der Waals surface area contributed by atoms with E-state index in [4.69, 9.17) is 14.2 Å². The first-order chi connectivity index (χ1) is 11.3. The van der Waals surface area contributed by atoms with Gasteiger partial charge in [-0.3, -0.25) is 4.79 Å². The fourth-order valence-corrected chi connectivity index (χ4v) is 3.34. The zero-order valence-corrected chi connectivity index (χ0v) is 13.9. The van der Waals surface area contributed by atoms with E-state index in [1.165, 1.54) is 0 Å². The van der Waals surface area contributed by atoms with Gasteiger partial charge in [0, 0.05) is 24.0 Å². The Kier molecular flexibility index (Phi) is 3.91. The van der Waals surface area contributed by atoms with E-state index in [-0.39, 0.29) is 19.3 Å². The van der Waals surface area contributed by atoms with Crippen LogP contribution in [0.25, 0.3) is 0 Å². The molecule has 3 rings (SSSR count). The molecule has 2 atom stereocenters. The van der Waals surface area contributed by atoms with E-state index in [0.29, 0.717) is 23.7 Å². The lowest BCUT2D eigenvalue weighted by molar-refractivity contribution is -0.190. The van der Waals surface area contributed by atoms with Crippen LogP contribution in [0.1, 0.15) is 37.6 Å². The Morgan fingerprint density at radius 1 is 1.33 bits per heavy atom. The van der Waals surface area contributed by atoms with Gasteiger partial charge in [0.1, 0.15) is 5.54 Å². The molecule has 7 nitrogen and oxygen atoms in total. The molecule has 1 aromatic rings. The minimum atomic E-state index is -1.36. The lowest BCUT2D eigenvalue weighted by Crippen LogP contribution is -2.76. The standard InChI is InChI=1S/C17H21NO6/c1-4-22-13-8-17(15(20)21,16(13,2)3)18-14(19)10-5-6-11-12(7-10)24-9-23-11/h5-7,13H,4,8-9H2,1-3H3,(H,18,19)(H,20,21). The summed E-state index contributed by atoms with van der Waals surface area (Å²) < 4.78 is 16.1. The molecular weight excluding hydrogens is 314 g/mol. The maximum atomic E-state index is 12.6. The van der Waals surface area contributed by atoms with Gasteiger partial charge in [-0.1, -0.05) is 13.8 Å². The minimum absolute atomic E-state index is 0.114. The second-order valence-corrected chi connectivity index (χ2v) is 6.60. The number of hydrogen-bond acceptors (Lipinski definition) is 5. The zero-order chi connectivity index (χ0) is 17.5. The number of aliphatic carboxylic acids is 1. The van der Waals surface area contributed by atoms with Gasteiger partial charge in [0.2, 0.25) is 6.79 Å². The molecule has 1 saturated carbocycles. The van der Waals surface area contributed by atoms with Crippen molar-refractivity contribution in [2.24, 2.45) is 5.41 Å². The van der Waals surface area contributed by atoms with Crippen molar-refractivity contribution in [2.75, 3.05) is 13.4 Å². The van der Waals surface area contributed by atoms with E-state index >= 15 is 0 Å². The number of carbonyl (C=O) groups is 2. The highest BCUT2D eigenvalue weighted by Gasteiger charge is 2.66. The van der Waals surface area contributed by atoms with Gasteiger partial charge in [0.05, 0.1) is 6.10 Å². The molecule has 0 spiro atoms. The summed E-state index contributed by atoms with van der Waals surface area (Å²) in [6.07, 6.45) is 0.0232. The fraction of sp³-hybridized carbons (Fsp3) is 0.529. The van der Waals surface area contributed by atoms with Crippen molar-refractivity contribution < 1.29 is 28.9 Å². The third kappa shape index (κ3) is 2.31. The molecule has 130 valence electrons. The van der Waals surface area contributed by atoms with Crippen molar-refractivity contribution in [1.29, 1.82) is 0 Å². The van der Waals surface area contributed by atoms with E-state index in [9.17, 15) is 14.7 Å². The molecule has 1 aromatic carbocycles. The third-order valence-corrected chi connectivity index (χ3v) is 5.09. The highest BCUT2D eigenvalue weighted by atomic mass is 16.7. The number of rotatable bonds is 5.